The van der Waals surface area contributed by atoms with Crippen LogP contribution in [-0.2, 0) is 4.79 Å². The minimum atomic E-state index is 0. The molecule has 0 radical (unpaired) electrons. The van der Waals surface area contributed by atoms with E-state index in [1.54, 1.807) is 0 Å². The molecule has 3 fully saturated rings. The maximum Gasteiger partial charge on any atom is 0.236 e. The Balaban J connectivity index is 0.00000176. The lowest BCUT2D eigenvalue weighted by Crippen LogP contribution is -2.53. The lowest BCUT2D eigenvalue weighted by molar-refractivity contribution is -0.132. The van der Waals surface area contributed by atoms with E-state index in [2.05, 4.69) is 20.0 Å². The Labute approximate surface area is 140 Å². The van der Waals surface area contributed by atoms with Gasteiger partial charge < -0.3 is 10.2 Å². The van der Waals surface area contributed by atoms with E-state index < -0.39 is 0 Å². The van der Waals surface area contributed by atoms with E-state index in [1.807, 2.05) is 0 Å². The highest BCUT2D eigenvalue weighted by atomic mass is 35.5. The van der Waals surface area contributed by atoms with Gasteiger partial charge in [0.25, 0.3) is 0 Å². The Bertz CT molecular complexity index is 333. The number of carbonyl (C=O) groups is 1. The van der Waals surface area contributed by atoms with Crippen molar-refractivity contribution in [2.24, 2.45) is 0 Å². The summed E-state index contributed by atoms with van der Waals surface area (Å²) >= 11 is 0. The van der Waals surface area contributed by atoms with Gasteiger partial charge in [0.15, 0.2) is 0 Å². The lowest BCUT2D eigenvalue weighted by atomic mass is 10.2. The average Bonchev–Trinajstić information content (AvgIpc) is 2.90. The third kappa shape index (κ3) is 4.82. The number of halogens is 1. The Morgan fingerprint density at radius 2 is 1.64 bits per heavy atom. The molecule has 0 aromatic carbocycles. The summed E-state index contributed by atoms with van der Waals surface area (Å²) in [5, 5.41) is 3.45. The highest BCUT2D eigenvalue weighted by Gasteiger charge is 2.27. The number of hydrogen-bond acceptors (Lipinski definition) is 4. The molecule has 3 aliphatic rings. The first-order valence-electron chi connectivity index (χ1n) is 8.78. The fraction of sp³-hybridized carbons (Fsp3) is 0.938. The lowest BCUT2D eigenvalue weighted by Gasteiger charge is -2.38. The van der Waals surface area contributed by atoms with Crippen LogP contribution in [0.1, 0.15) is 32.1 Å². The monoisotopic (exact) mass is 330 g/mol. The van der Waals surface area contributed by atoms with E-state index in [0.717, 1.165) is 51.9 Å². The van der Waals surface area contributed by atoms with Crippen molar-refractivity contribution in [2.45, 2.75) is 38.1 Å². The molecule has 1 unspecified atom stereocenters. The Morgan fingerprint density at radius 1 is 0.955 bits per heavy atom. The van der Waals surface area contributed by atoms with Crippen LogP contribution in [0.3, 0.4) is 0 Å². The molecule has 3 rings (SSSR count). The summed E-state index contributed by atoms with van der Waals surface area (Å²) in [4.78, 5) is 19.5. The van der Waals surface area contributed by atoms with Gasteiger partial charge in [0.1, 0.15) is 0 Å². The smallest absolute Gasteiger partial charge is 0.236 e. The average molecular weight is 331 g/mol. The molecule has 1 N–H and O–H groups in total. The van der Waals surface area contributed by atoms with E-state index >= 15 is 0 Å². The molecule has 0 aromatic rings. The van der Waals surface area contributed by atoms with Gasteiger partial charge in [0.2, 0.25) is 5.91 Å². The van der Waals surface area contributed by atoms with Gasteiger partial charge in [-0.15, -0.1) is 12.4 Å². The fourth-order valence-electron chi connectivity index (χ4n) is 3.85. The number of rotatable bonds is 3. The molecular formula is C16H31ClN4O. The van der Waals surface area contributed by atoms with Gasteiger partial charge in [0.05, 0.1) is 6.54 Å². The minimum Gasteiger partial charge on any atom is -0.342 e. The van der Waals surface area contributed by atoms with Crippen molar-refractivity contribution in [1.29, 1.82) is 0 Å². The molecule has 1 atom stereocenters. The van der Waals surface area contributed by atoms with Crippen LogP contribution in [0.4, 0.5) is 0 Å². The highest BCUT2D eigenvalue weighted by molar-refractivity contribution is 5.85. The van der Waals surface area contributed by atoms with Crippen molar-refractivity contribution in [1.82, 2.24) is 20.0 Å². The zero-order chi connectivity index (χ0) is 14.5. The molecule has 5 nitrogen and oxygen atoms in total. The number of hydrogen-bond donors (Lipinski definition) is 1. The van der Waals surface area contributed by atoms with Crippen LogP contribution in [0.5, 0.6) is 0 Å². The van der Waals surface area contributed by atoms with Gasteiger partial charge in [0, 0.05) is 51.9 Å². The first-order chi connectivity index (χ1) is 10.3. The van der Waals surface area contributed by atoms with Gasteiger partial charge in [-0.2, -0.15) is 0 Å². The predicted octanol–water partition coefficient (Wildman–Crippen LogP) is 0.790. The van der Waals surface area contributed by atoms with E-state index in [9.17, 15) is 4.79 Å². The molecule has 0 bridgehead atoms. The Hall–Kier alpha value is -0.360. The summed E-state index contributed by atoms with van der Waals surface area (Å²) < 4.78 is 0. The fourth-order valence-corrected chi connectivity index (χ4v) is 3.85. The van der Waals surface area contributed by atoms with Gasteiger partial charge in [-0.25, -0.2) is 0 Å². The van der Waals surface area contributed by atoms with Crippen molar-refractivity contribution in [3.05, 3.63) is 0 Å². The second kappa shape index (κ2) is 9.06. The SMILES string of the molecule is Cl.O=C(CN1CCN(C2CCNC2)CC1)N1CCCCCC1. The summed E-state index contributed by atoms with van der Waals surface area (Å²) in [7, 11) is 0. The van der Waals surface area contributed by atoms with E-state index in [4.69, 9.17) is 0 Å². The summed E-state index contributed by atoms with van der Waals surface area (Å²) in [6.07, 6.45) is 6.24. The Morgan fingerprint density at radius 3 is 2.23 bits per heavy atom. The number of likely N-dealkylation sites (tertiary alicyclic amines) is 1. The van der Waals surface area contributed by atoms with E-state index in [-0.39, 0.29) is 12.4 Å². The van der Waals surface area contributed by atoms with E-state index in [0.29, 0.717) is 12.5 Å². The first kappa shape index (κ1) is 18.0. The van der Waals surface area contributed by atoms with Crippen LogP contribution in [0.2, 0.25) is 0 Å². The van der Waals surface area contributed by atoms with E-state index in [1.165, 1.54) is 38.6 Å². The summed E-state index contributed by atoms with van der Waals surface area (Å²) in [6.45, 7) is 9.26. The zero-order valence-electron chi connectivity index (χ0n) is 13.6. The molecule has 22 heavy (non-hydrogen) atoms. The molecule has 0 spiro atoms. The van der Waals surface area contributed by atoms with Crippen LogP contribution in [0.15, 0.2) is 0 Å². The Kier molecular flexibility index (Phi) is 7.41. The van der Waals surface area contributed by atoms with Crippen LogP contribution < -0.4 is 5.32 Å². The first-order valence-corrected chi connectivity index (χ1v) is 8.78. The van der Waals surface area contributed by atoms with Crippen LogP contribution in [0, 0.1) is 0 Å². The summed E-state index contributed by atoms with van der Waals surface area (Å²) in [6, 6.07) is 0.730. The number of nitrogens with zero attached hydrogens (tertiary/aromatic N) is 3. The third-order valence-corrected chi connectivity index (χ3v) is 5.28. The third-order valence-electron chi connectivity index (χ3n) is 5.28. The second-order valence-corrected chi connectivity index (χ2v) is 6.75. The van der Waals surface area contributed by atoms with Gasteiger partial charge in [-0.3, -0.25) is 14.6 Å². The molecule has 0 aliphatic carbocycles. The predicted molar refractivity (Wildman–Crippen MR) is 91.6 cm³/mol. The van der Waals surface area contributed by atoms with Crippen LogP contribution >= 0.6 is 12.4 Å². The molecule has 0 aromatic heterocycles. The molecule has 0 saturated carbocycles. The number of piperazine rings is 1. The van der Waals surface area contributed by atoms with Crippen LogP contribution in [-0.4, -0.2) is 85.6 Å². The molecule has 3 heterocycles. The van der Waals surface area contributed by atoms with Crippen molar-refractivity contribution in [3.8, 4) is 0 Å². The molecule has 3 aliphatic heterocycles. The van der Waals surface area contributed by atoms with Crippen molar-refractivity contribution < 1.29 is 4.79 Å². The van der Waals surface area contributed by atoms with Gasteiger partial charge in [-0.1, -0.05) is 12.8 Å². The van der Waals surface area contributed by atoms with Crippen molar-refractivity contribution in [2.75, 3.05) is 58.9 Å². The minimum absolute atomic E-state index is 0. The standard InChI is InChI=1S/C16H30N4O.ClH/c21-16(20-7-3-1-2-4-8-20)14-18-9-11-19(12-10-18)15-5-6-17-13-15;/h15,17H,1-14H2;1H. The van der Waals surface area contributed by atoms with Gasteiger partial charge in [-0.05, 0) is 25.8 Å². The second-order valence-electron chi connectivity index (χ2n) is 6.75. The summed E-state index contributed by atoms with van der Waals surface area (Å²) in [5.41, 5.74) is 0. The van der Waals surface area contributed by atoms with Crippen molar-refractivity contribution in [3.63, 3.8) is 0 Å². The van der Waals surface area contributed by atoms with Crippen LogP contribution in [0.25, 0.3) is 0 Å². The maximum atomic E-state index is 12.4. The summed E-state index contributed by atoms with van der Waals surface area (Å²) in [5.74, 6) is 0.355. The normalized spacial score (nSPS) is 28.2. The quantitative estimate of drug-likeness (QED) is 0.830. The maximum absolute atomic E-state index is 12.4. The highest BCUT2D eigenvalue weighted by Crippen LogP contribution is 2.13. The largest absolute Gasteiger partial charge is 0.342 e. The topological polar surface area (TPSA) is 38.8 Å². The molecule has 128 valence electrons. The van der Waals surface area contributed by atoms with Crippen molar-refractivity contribution >= 4 is 18.3 Å². The zero-order valence-corrected chi connectivity index (χ0v) is 14.5. The number of nitrogens with one attached hydrogen (secondary N) is 1. The molecular weight excluding hydrogens is 300 g/mol. The molecule has 6 heteroatoms. The molecule has 1 amide bonds. The number of carbonyl (C=O) groups excluding carboxylic acids is 1. The molecule has 3 saturated heterocycles. The number of amides is 1. The van der Waals surface area contributed by atoms with Gasteiger partial charge >= 0.3 is 0 Å².